The molecule has 0 saturated carbocycles. The fourth-order valence-electron chi connectivity index (χ4n) is 1.92. The maximum atomic E-state index is 12.4. The molecular weight excluding hydrogens is 320 g/mol. The van der Waals surface area contributed by atoms with Crippen molar-refractivity contribution >= 4 is 11.8 Å². The van der Waals surface area contributed by atoms with Crippen LogP contribution in [0.4, 0.5) is 26.3 Å². The number of carbonyl (C=O) groups is 2. The molecule has 11 heteroatoms. The van der Waals surface area contributed by atoms with Gasteiger partial charge in [0, 0.05) is 39.3 Å². The van der Waals surface area contributed by atoms with Gasteiger partial charge in [-0.2, -0.15) is 26.3 Å². The highest BCUT2D eigenvalue weighted by Crippen LogP contribution is 2.21. The zero-order valence-electron chi connectivity index (χ0n) is 11.7. The third-order valence-corrected chi connectivity index (χ3v) is 3.20. The van der Waals surface area contributed by atoms with Gasteiger partial charge in [0.2, 0.25) is 0 Å². The van der Waals surface area contributed by atoms with Gasteiger partial charge < -0.3 is 14.7 Å². The van der Waals surface area contributed by atoms with Crippen molar-refractivity contribution in [2.24, 2.45) is 0 Å². The van der Waals surface area contributed by atoms with Crippen LogP contribution in [0.25, 0.3) is 0 Å². The maximum absolute atomic E-state index is 12.4. The average Bonchev–Trinajstić information content (AvgIpc) is 2.46. The Kier molecular flexibility index (Phi) is 5.65. The average molecular weight is 335 g/mol. The van der Waals surface area contributed by atoms with Crippen LogP contribution in [0.2, 0.25) is 0 Å². The molecule has 1 heterocycles. The van der Waals surface area contributed by atoms with Crippen molar-refractivity contribution in [3.8, 4) is 0 Å². The minimum atomic E-state index is -5.11. The Labute approximate surface area is 122 Å². The second kappa shape index (κ2) is 6.71. The van der Waals surface area contributed by atoms with Gasteiger partial charge in [-0.25, -0.2) is 0 Å². The smallest absolute Gasteiger partial charge is 0.332 e. The number of halogens is 6. The molecule has 2 amide bonds. The second-order valence-corrected chi connectivity index (χ2v) is 4.88. The van der Waals surface area contributed by atoms with E-state index >= 15 is 0 Å². The van der Waals surface area contributed by atoms with Gasteiger partial charge in [0.05, 0.1) is 0 Å². The molecule has 22 heavy (non-hydrogen) atoms. The Morgan fingerprint density at radius 2 is 0.955 bits per heavy atom. The van der Waals surface area contributed by atoms with Crippen molar-refractivity contribution in [3.05, 3.63) is 0 Å². The first-order valence-electron chi connectivity index (χ1n) is 6.33. The number of amides is 2. The second-order valence-electron chi connectivity index (χ2n) is 4.88. The van der Waals surface area contributed by atoms with Crippen LogP contribution in [0.5, 0.6) is 0 Å². The molecule has 1 fully saturated rings. The number of hydrogen-bond acceptors (Lipinski definition) is 3. The third kappa shape index (κ3) is 5.04. The van der Waals surface area contributed by atoms with Crippen LogP contribution in [-0.2, 0) is 9.59 Å². The summed E-state index contributed by atoms with van der Waals surface area (Å²) < 4.78 is 74.7. The largest absolute Gasteiger partial charge is 0.471 e. The predicted molar refractivity (Wildman–Crippen MR) is 62.8 cm³/mol. The highest BCUT2D eigenvalue weighted by Gasteiger charge is 2.45. The zero-order chi connectivity index (χ0) is 17.1. The van der Waals surface area contributed by atoms with Gasteiger partial charge in [-0.15, -0.1) is 0 Å². The van der Waals surface area contributed by atoms with Crippen molar-refractivity contribution < 1.29 is 35.9 Å². The summed E-state index contributed by atoms with van der Waals surface area (Å²) in [6.45, 7) is -1.63. The number of carbonyl (C=O) groups excluding carboxylic acids is 2. The van der Waals surface area contributed by atoms with Gasteiger partial charge in [-0.05, 0) is 7.05 Å². The molecule has 1 rings (SSSR count). The fourth-order valence-corrected chi connectivity index (χ4v) is 1.92. The monoisotopic (exact) mass is 335 g/mol. The van der Waals surface area contributed by atoms with E-state index in [4.69, 9.17) is 0 Å². The van der Waals surface area contributed by atoms with Crippen LogP contribution >= 0.6 is 0 Å². The molecule has 0 N–H and O–H groups in total. The normalized spacial score (nSPS) is 19.4. The quantitative estimate of drug-likeness (QED) is 0.613. The summed E-state index contributed by atoms with van der Waals surface area (Å²) in [6.07, 6.45) is -10.2. The number of alkyl halides is 6. The molecule has 1 aliphatic rings. The van der Waals surface area contributed by atoms with Gasteiger partial charge in [-0.3, -0.25) is 9.59 Å². The highest BCUT2D eigenvalue weighted by molar-refractivity contribution is 5.83. The molecule has 0 aliphatic carbocycles. The summed E-state index contributed by atoms with van der Waals surface area (Å²) in [5, 5.41) is 0. The first-order valence-corrected chi connectivity index (χ1v) is 6.33. The summed E-state index contributed by atoms with van der Waals surface area (Å²) in [4.78, 5) is 24.8. The van der Waals surface area contributed by atoms with Crippen molar-refractivity contribution in [1.29, 1.82) is 0 Å². The molecule has 5 nitrogen and oxygen atoms in total. The summed E-state index contributed by atoms with van der Waals surface area (Å²) >= 11 is 0. The molecule has 0 aromatic heterocycles. The molecule has 0 aromatic carbocycles. The molecule has 128 valence electrons. The Morgan fingerprint density at radius 1 is 0.682 bits per heavy atom. The number of hydrogen-bond donors (Lipinski definition) is 0. The maximum Gasteiger partial charge on any atom is 0.471 e. The van der Waals surface area contributed by atoms with Crippen LogP contribution in [0.15, 0.2) is 0 Å². The number of nitrogens with zero attached hydrogens (tertiary/aromatic N) is 3. The van der Waals surface area contributed by atoms with E-state index in [9.17, 15) is 35.9 Å². The van der Waals surface area contributed by atoms with Crippen LogP contribution in [0, 0.1) is 0 Å². The lowest BCUT2D eigenvalue weighted by molar-refractivity contribution is -0.188. The minimum Gasteiger partial charge on any atom is -0.332 e. The van der Waals surface area contributed by atoms with Gasteiger partial charge in [0.25, 0.3) is 0 Å². The SMILES string of the molecule is CN1CCN(C(=O)C(F)(F)F)CCN(C(=O)C(F)(F)F)CC1. The molecule has 1 saturated heterocycles. The summed E-state index contributed by atoms with van der Waals surface area (Å²) in [5.41, 5.74) is 0. The van der Waals surface area contributed by atoms with Crippen molar-refractivity contribution in [1.82, 2.24) is 14.7 Å². The summed E-state index contributed by atoms with van der Waals surface area (Å²) in [5.74, 6) is -4.25. The van der Waals surface area contributed by atoms with Crippen LogP contribution in [-0.4, -0.2) is 85.2 Å². The zero-order valence-corrected chi connectivity index (χ0v) is 11.7. The van der Waals surface area contributed by atoms with Crippen molar-refractivity contribution in [2.75, 3.05) is 46.3 Å². The molecular formula is C11H15F6N3O2. The lowest BCUT2D eigenvalue weighted by Crippen LogP contribution is -2.48. The summed E-state index contributed by atoms with van der Waals surface area (Å²) in [6, 6.07) is 0. The molecule has 0 unspecified atom stereocenters. The number of rotatable bonds is 0. The van der Waals surface area contributed by atoms with E-state index in [2.05, 4.69) is 0 Å². The van der Waals surface area contributed by atoms with Gasteiger partial charge in [0.1, 0.15) is 0 Å². The highest BCUT2D eigenvalue weighted by atomic mass is 19.4. The lowest BCUT2D eigenvalue weighted by atomic mass is 10.3. The van der Waals surface area contributed by atoms with E-state index in [0.717, 1.165) is 0 Å². The van der Waals surface area contributed by atoms with Crippen molar-refractivity contribution in [2.45, 2.75) is 12.4 Å². The van der Waals surface area contributed by atoms with E-state index in [-0.39, 0.29) is 26.2 Å². The van der Waals surface area contributed by atoms with Crippen LogP contribution in [0.3, 0.4) is 0 Å². The van der Waals surface area contributed by atoms with Crippen molar-refractivity contribution in [3.63, 3.8) is 0 Å². The van der Waals surface area contributed by atoms with Crippen LogP contribution in [0.1, 0.15) is 0 Å². The van der Waals surface area contributed by atoms with E-state index in [1.807, 2.05) is 0 Å². The molecule has 1 aliphatic heterocycles. The lowest BCUT2D eigenvalue weighted by Gasteiger charge is -2.27. The molecule has 0 atom stereocenters. The predicted octanol–water partition coefficient (Wildman–Crippen LogP) is 0.714. The van der Waals surface area contributed by atoms with Gasteiger partial charge in [-0.1, -0.05) is 0 Å². The van der Waals surface area contributed by atoms with E-state index < -0.39 is 37.3 Å². The minimum absolute atomic E-state index is 0.0653. The van der Waals surface area contributed by atoms with E-state index in [1.165, 1.54) is 11.9 Å². The van der Waals surface area contributed by atoms with Gasteiger partial charge >= 0.3 is 24.2 Å². The standard InChI is InChI=1S/C11H15F6N3O2/c1-18-2-4-19(8(21)10(12,13)14)6-7-20(5-3-18)9(22)11(15,16)17/h2-7H2,1H3. The number of likely N-dealkylation sites (N-methyl/N-ethyl adjacent to an activating group) is 1. The molecule has 0 spiro atoms. The Morgan fingerprint density at radius 3 is 1.23 bits per heavy atom. The first kappa shape index (κ1) is 18.5. The molecule has 0 radical (unpaired) electrons. The topological polar surface area (TPSA) is 43.9 Å². The Balaban J connectivity index is 2.88. The summed E-state index contributed by atoms with van der Waals surface area (Å²) in [7, 11) is 1.48. The third-order valence-electron chi connectivity index (χ3n) is 3.20. The fraction of sp³-hybridized carbons (Fsp3) is 0.818. The Bertz CT molecular complexity index is 385. The van der Waals surface area contributed by atoms with Crippen LogP contribution < -0.4 is 0 Å². The van der Waals surface area contributed by atoms with Gasteiger partial charge in [0.15, 0.2) is 0 Å². The Hall–Kier alpha value is -1.52. The molecule has 0 bridgehead atoms. The van der Waals surface area contributed by atoms with E-state index in [0.29, 0.717) is 9.80 Å². The molecule has 0 aromatic rings. The van der Waals surface area contributed by atoms with E-state index in [1.54, 1.807) is 0 Å². The first-order chi connectivity index (χ1) is 9.93.